The number of hydrogen-bond acceptors (Lipinski definition) is 6. The molecule has 0 aliphatic carbocycles. The highest BCUT2D eigenvalue weighted by atomic mass is 16.5. The Balaban J connectivity index is 1.88. The first kappa shape index (κ1) is 18.3. The molecule has 0 saturated carbocycles. The van der Waals surface area contributed by atoms with Crippen molar-refractivity contribution in [3.63, 3.8) is 0 Å². The zero-order valence-electron chi connectivity index (χ0n) is 14.2. The smallest absolute Gasteiger partial charge is 0.161 e. The van der Waals surface area contributed by atoms with E-state index in [2.05, 4.69) is 0 Å². The van der Waals surface area contributed by atoms with Gasteiger partial charge in [-0.2, -0.15) is 0 Å². The first-order chi connectivity index (χ1) is 12.2. The molecule has 0 bridgehead atoms. The number of methoxy groups -OCH3 is 2. The van der Waals surface area contributed by atoms with Crippen molar-refractivity contribution in [2.45, 2.75) is 6.42 Å². The van der Waals surface area contributed by atoms with Gasteiger partial charge < -0.3 is 18.9 Å². The minimum absolute atomic E-state index is 0.383. The van der Waals surface area contributed by atoms with E-state index in [1.54, 1.807) is 36.4 Å². The van der Waals surface area contributed by atoms with Crippen LogP contribution in [-0.2, 0) is 0 Å². The monoisotopic (exact) mass is 344 g/mol. The number of carbonyl (C=O) groups excluding carboxylic acids is 2. The number of ether oxygens (including phenoxy) is 4. The first-order valence-corrected chi connectivity index (χ1v) is 7.74. The maximum Gasteiger partial charge on any atom is 0.161 e. The molecule has 0 heterocycles. The largest absolute Gasteiger partial charge is 0.493 e. The van der Waals surface area contributed by atoms with Crippen molar-refractivity contribution < 1.29 is 28.5 Å². The third kappa shape index (κ3) is 4.97. The van der Waals surface area contributed by atoms with E-state index in [0.717, 1.165) is 12.6 Å². The van der Waals surface area contributed by atoms with Gasteiger partial charge in [-0.1, -0.05) is 0 Å². The van der Waals surface area contributed by atoms with E-state index >= 15 is 0 Å². The Kier molecular flexibility index (Phi) is 6.83. The molecule has 0 aliphatic heterocycles. The second kappa shape index (κ2) is 9.32. The molecule has 0 N–H and O–H groups in total. The molecule has 132 valence electrons. The maximum absolute atomic E-state index is 10.9. The van der Waals surface area contributed by atoms with Gasteiger partial charge in [-0.3, -0.25) is 9.59 Å². The Morgan fingerprint density at radius 3 is 1.52 bits per heavy atom. The zero-order chi connectivity index (χ0) is 18.1. The van der Waals surface area contributed by atoms with Gasteiger partial charge in [0.1, 0.15) is 12.6 Å². The topological polar surface area (TPSA) is 71.1 Å². The molecule has 2 aromatic rings. The van der Waals surface area contributed by atoms with Gasteiger partial charge in [0.25, 0.3) is 0 Å². The van der Waals surface area contributed by atoms with E-state index in [0.29, 0.717) is 53.8 Å². The number of benzene rings is 2. The normalized spacial score (nSPS) is 10.0. The molecular formula is C19H20O6. The van der Waals surface area contributed by atoms with Crippen molar-refractivity contribution in [1.29, 1.82) is 0 Å². The van der Waals surface area contributed by atoms with Crippen LogP contribution in [0.4, 0.5) is 0 Å². The van der Waals surface area contributed by atoms with E-state index in [1.165, 1.54) is 14.2 Å². The molecular weight excluding hydrogens is 324 g/mol. The Morgan fingerprint density at radius 2 is 1.16 bits per heavy atom. The SMILES string of the molecule is COc1ccc(C=O)cc1OCCCOc1cc(C=O)ccc1OC. The van der Waals surface area contributed by atoms with Crippen LogP contribution < -0.4 is 18.9 Å². The lowest BCUT2D eigenvalue weighted by Crippen LogP contribution is -2.06. The molecule has 0 fully saturated rings. The minimum atomic E-state index is 0.383. The van der Waals surface area contributed by atoms with Crippen LogP contribution >= 0.6 is 0 Å². The summed E-state index contributed by atoms with van der Waals surface area (Å²) in [5.74, 6) is 2.14. The van der Waals surface area contributed by atoms with Crippen LogP contribution in [0.2, 0.25) is 0 Å². The maximum atomic E-state index is 10.9. The fraction of sp³-hybridized carbons (Fsp3) is 0.263. The van der Waals surface area contributed by atoms with E-state index < -0.39 is 0 Å². The Bertz CT molecular complexity index is 664. The van der Waals surface area contributed by atoms with Crippen LogP contribution in [0.3, 0.4) is 0 Å². The van der Waals surface area contributed by atoms with Gasteiger partial charge in [0.05, 0.1) is 27.4 Å². The van der Waals surface area contributed by atoms with Gasteiger partial charge >= 0.3 is 0 Å². The predicted octanol–water partition coefficient (Wildman–Crippen LogP) is 3.18. The Labute approximate surface area is 146 Å². The van der Waals surface area contributed by atoms with Gasteiger partial charge in [-0.25, -0.2) is 0 Å². The number of aldehydes is 2. The summed E-state index contributed by atoms with van der Waals surface area (Å²) in [7, 11) is 3.08. The summed E-state index contributed by atoms with van der Waals surface area (Å²) in [6, 6.07) is 9.95. The lowest BCUT2D eigenvalue weighted by Gasteiger charge is -2.13. The summed E-state index contributed by atoms with van der Waals surface area (Å²) in [4.78, 5) is 21.7. The average Bonchev–Trinajstić information content (AvgIpc) is 2.67. The molecule has 0 spiro atoms. The fourth-order valence-corrected chi connectivity index (χ4v) is 2.18. The summed E-state index contributed by atoms with van der Waals surface area (Å²) < 4.78 is 21.7. The molecule has 2 rings (SSSR count). The molecule has 0 radical (unpaired) electrons. The van der Waals surface area contributed by atoms with Crippen LogP contribution in [-0.4, -0.2) is 40.0 Å². The molecule has 0 unspecified atom stereocenters. The second-order valence-electron chi connectivity index (χ2n) is 5.11. The van der Waals surface area contributed by atoms with Crippen molar-refractivity contribution in [1.82, 2.24) is 0 Å². The lowest BCUT2D eigenvalue weighted by molar-refractivity contribution is 0.111. The third-order valence-electron chi connectivity index (χ3n) is 3.45. The molecule has 0 atom stereocenters. The molecule has 2 aromatic carbocycles. The molecule has 0 amide bonds. The van der Waals surface area contributed by atoms with Crippen LogP contribution in [0.1, 0.15) is 27.1 Å². The first-order valence-electron chi connectivity index (χ1n) is 7.74. The summed E-state index contributed by atoms with van der Waals surface area (Å²) >= 11 is 0. The van der Waals surface area contributed by atoms with Gasteiger partial charge in [0.15, 0.2) is 23.0 Å². The third-order valence-corrected chi connectivity index (χ3v) is 3.45. The molecule has 0 aromatic heterocycles. The van der Waals surface area contributed by atoms with Gasteiger partial charge in [0, 0.05) is 17.5 Å². The quantitative estimate of drug-likeness (QED) is 0.487. The highest BCUT2D eigenvalue weighted by molar-refractivity contribution is 5.76. The molecule has 25 heavy (non-hydrogen) atoms. The highest BCUT2D eigenvalue weighted by Crippen LogP contribution is 2.29. The molecule has 6 nitrogen and oxygen atoms in total. The average molecular weight is 344 g/mol. The Hall–Kier alpha value is -3.02. The van der Waals surface area contributed by atoms with Gasteiger partial charge in [-0.05, 0) is 36.4 Å². The van der Waals surface area contributed by atoms with Crippen LogP contribution in [0, 0.1) is 0 Å². The summed E-state index contributed by atoms with van der Waals surface area (Å²) in [5, 5.41) is 0. The predicted molar refractivity (Wildman–Crippen MR) is 92.4 cm³/mol. The van der Waals surface area contributed by atoms with Gasteiger partial charge in [0.2, 0.25) is 0 Å². The second-order valence-corrected chi connectivity index (χ2v) is 5.11. The van der Waals surface area contributed by atoms with Crippen LogP contribution in [0.25, 0.3) is 0 Å². The highest BCUT2D eigenvalue weighted by Gasteiger charge is 2.07. The number of carbonyl (C=O) groups is 2. The minimum Gasteiger partial charge on any atom is -0.493 e. The van der Waals surface area contributed by atoms with Crippen LogP contribution in [0.5, 0.6) is 23.0 Å². The Morgan fingerprint density at radius 1 is 0.720 bits per heavy atom. The summed E-state index contributed by atoms with van der Waals surface area (Å²) in [6.07, 6.45) is 2.10. The molecule has 0 saturated heterocycles. The zero-order valence-corrected chi connectivity index (χ0v) is 14.2. The van der Waals surface area contributed by atoms with E-state index in [-0.39, 0.29) is 0 Å². The van der Waals surface area contributed by atoms with E-state index in [9.17, 15) is 9.59 Å². The number of hydrogen-bond donors (Lipinski definition) is 0. The molecule has 0 aliphatic rings. The fourth-order valence-electron chi connectivity index (χ4n) is 2.18. The van der Waals surface area contributed by atoms with Gasteiger partial charge in [-0.15, -0.1) is 0 Å². The number of rotatable bonds is 10. The van der Waals surface area contributed by atoms with Crippen LogP contribution in [0.15, 0.2) is 36.4 Å². The standard InChI is InChI=1S/C19H20O6/c1-22-16-6-4-14(12-20)10-18(16)24-8-3-9-25-19-11-15(13-21)5-7-17(19)23-2/h4-7,10-13H,3,8-9H2,1-2H3. The van der Waals surface area contributed by atoms with Crippen molar-refractivity contribution in [3.8, 4) is 23.0 Å². The molecule has 6 heteroatoms. The summed E-state index contributed by atoms with van der Waals surface area (Å²) in [5.41, 5.74) is 1.03. The van der Waals surface area contributed by atoms with Crippen molar-refractivity contribution >= 4 is 12.6 Å². The van der Waals surface area contributed by atoms with Crippen molar-refractivity contribution in [3.05, 3.63) is 47.5 Å². The lowest BCUT2D eigenvalue weighted by atomic mass is 10.2. The van der Waals surface area contributed by atoms with E-state index in [4.69, 9.17) is 18.9 Å². The van der Waals surface area contributed by atoms with Crippen molar-refractivity contribution in [2.75, 3.05) is 27.4 Å². The summed E-state index contributed by atoms with van der Waals surface area (Å²) in [6.45, 7) is 0.767. The van der Waals surface area contributed by atoms with E-state index in [1.807, 2.05) is 0 Å². The van der Waals surface area contributed by atoms with Crippen molar-refractivity contribution in [2.24, 2.45) is 0 Å².